The maximum Gasteiger partial charge on any atom is 0.226 e. The number of hydrogen-bond donors (Lipinski definition) is 1. The zero-order valence-electron chi connectivity index (χ0n) is 11.9. The molecule has 1 aromatic rings. The minimum atomic E-state index is -0.425. The van der Waals surface area contributed by atoms with E-state index in [4.69, 9.17) is 5.73 Å². The van der Waals surface area contributed by atoms with E-state index in [1.807, 2.05) is 0 Å². The molecule has 1 fully saturated rings. The van der Waals surface area contributed by atoms with Crippen LogP contribution in [0.25, 0.3) is 0 Å². The van der Waals surface area contributed by atoms with Crippen LogP contribution in [0.4, 0.5) is 8.78 Å². The van der Waals surface area contributed by atoms with Gasteiger partial charge >= 0.3 is 0 Å². The highest BCUT2D eigenvalue weighted by atomic mass is 19.1. The van der Waals surface area contributed by atoms with Crippen molar-refractivity contribution in [3.63, 3.8) is 0 Å². The summed E-state index contributed by atoms with van der Waals surface area (Å²) in [7, 11) is 0. The average molecular weight is 294 g/mol. The summed E-state index contributed by atoms with van der Waals surface area (Å²) in [4.78, 5) is 14.3. The summed E-state index contributed by atoms with van der Waals surface area (Å²) in [6, 6.07) is 2.30. The van der Waals surface area contributed by atoms with Crippen LogP contribution in [0.15, 0.2) is 12.1 Å². The molecule has 0 bridgehead atoms. The lowest BCUT2D eigenvalue weighted by molar-refractivity contribution is -0.137. The lowest BCUT2D eigenvalue weighted by atomic mass is 9.92. The molecular weight excluding hydrogens is 274 g/mol. The number of hydrogen-bond acceptors (Lipinski definition) is 2. The smallest absolute Gasteiger partial charge is 0.226 e. The minimum Gasteiger partial charge on any atom is -0.338 e. The van der Waals surface area contributed by atoms with Crippen molar-refractivity contribution in [2.75, 3.05) is 13.1 Å². The van der Waals surface area contributed by atoms with Gasteiger partial charge in [-0.1, -0.05) is 6.42 Å². The fourth-order valence-electron chi connectivity index (χ4n) is 3.66. The molecule has 1 heterocycles. The predicted octanol–water partition coefficient (Wildman–Crippen LogP) is 2.22. The highest BCUT2D eigenvalue weighted by Crippen LogP contribution is 2.34. The summed E-state index contributed by atoms with van der Waals surface area (Å²) < 4.78 is 27.6. The number of amides is 1. The van der Waals surface area contributed by atoms with Crippen molar-refractivity contribution < 1.29 is 13.6 Å². The largest absolute Gasteiger partial charge is 0.338 e. The summed E-state index contributed by atoms with van der Waals surface area (Å²) in [6.45, 7) is 1.15. The third-order valence-corrected chi connectivity index (χ3v) is 4.89. The van der Waals surface area contributed by atoms with E-state index in [0.29, 0.717) is 30.6 Å². The van der Waals surface area contributed by atoms with Crippen molar-refractivity contribution >= 4 is 5.91 Å². The van der Waals surface area contributed by atoms with Crippen LogP contribution >= 0.6 is 0 Å². The molecule has 5 heteroatoms. The third-order valence-electron chi connectivity index (χ3n) is 4.89. The summed E-state index contributed by atoms with van der Waals surface area (Å²) in [5.41, 5.74) is 6.48. The number of carbonyl (C=O) groups is 1. The molecule has 1 aromatic carbocycles. The second kappa shape index (κ2) is 5.72. The quantitative estimate of drug-likeness (QED) is 0.909. The van der Waals surface area contributed by atoms with E-state index < -0.39 is 5.82 Å². The highest BCUT2D eigenvalue weighted by molar-refractivity contribution is 5.79. The van der Waals surface area contributed by atoms with Crippen LogP contribution in [0.2, 0.25) is 0 Å². The van der Waals surface area contributed by atoms with Gasteiger partial charge in [0.05, 0.1) is 0 Å². The van der Waals surface area contributed by atoms with Gasteiger partial charge in [-0.2, -0.15) is 0 Å². The van der Waals surface area contributed by atoms with Crippen molar-refractivity contribution in [1.82, 2.24) is 4.90 Å². The summed E-state index contributed by atoms with van der Waals surface area (Å²) in [6.07, 6.45) is 3.24. The monoisotopic (exact) mass is 294 g/mol. The predicted molar refractivity (Wildman–Crippen MR) is 75.4 cm³/mol. The fourth-order valence-corrected chi connectivity index (χ4v) is 3.66. The first kappa shape index (κ1) is 14.4. The zero-order valence-corrected chi connectivity index (χ0v) is 11.9. The Morgan fingerprint density at radius 1 is 1.24 bits per heavy atom. The Kier molecular flexibility index (Phi) is 3.93. The van der Waals surface area contributed by atoms with Crippen LogP contribution in [0.5, 0.6) is 0 Å². The molecule has 0 spiro atoms. The van der Waals surface area contributed by atoms with Gasteiger partial charge in [-0.15, -0.1) is 0 Å². The molecule has 0 saturated heterocycles. The lowest BCUT2D eigenvalue weighted by Crippen LogP contribution is -2.42. The van der Waals surface area contributed by atoms with Crippen molar-refractivity contribution in [2.45, 2.75) is 32.2 Å². The van der Waals surface area contributed by atoms with Crippen molar-refractivity contribution in [1.29, 1.82) is 0 Å². The molecule has 2 atom stereocenters. The Morgan fingerprint density at radius 3 is 2.67 bits per heavy atom. The lowest BCUT2D eigenvalue weighted by Gasteiger charge is -2.32. The molecule has 0 unspecified atom stereocenters. The SMILES string of the molecule is NC[C@H]1CCC[C@H]1C(=O)N1CCc2c(F)ccc(F)c2C1. The molecule has 1 amide bonds. The molecule has 114 valence electrons. The Labute approximate surface area is 123 Å². The van der Waals surface area contributed by atoms with Crippen LogP contribution in [0.1, 0.15) is 30.4 Å². The molecule has 2 N–H and O–H groups in total. The van der Waals surface area contributed by atoms with Gasteiger partial charge in [-0.3, -0.25) is 4.79 Å². The molecule has 1 aliphatic heterocycles. The molecular formula is C16H20F2N2O. The van der Waals surface area contributed by atoms with Crippen molar-refractivity contribution in [3.05, 3.63) is 34.9 Å². The molecule has 3 nitrogen and oxygen atoms in total. The van der Waals surface area contributed by atoms with Gasteiger partial charge in [0.1, 0.15) is 11.6 Å². The second-order valence-electron chi connectivity index (χ2n) is 6.03. The van der Waals surface area contributed by atoms with Gasteiger partial charge in [-0.25, -0.2) is 8.78 Å². The van der Waals surface area contributed by atoms with E-state index in [1.54, 1.807) is 4.90 Å². The molecule has 1 saturated carbocycles. The number of nitrogens with zero attached hydrogens (tertiary/aromatic N) is 1. The fraction of sp³-hybridized carbons (Fsp3) is 0.562. The molecule has 3 rings (SSSR count). The van der Waals surface area contributed by atoms with Gasteiger partial charge in [-0.05, 0) is 49.4 Å². The van der Waals surface area contributed by atoms with Crippen LogP contribution in [-0.2, 0) is 17.8 Å². The molecule has 0 aromatic heterocycles. The molecule has 2 aliphatic rings. The van der Waals surface area contributed by atoms with E-state index in [2.05, 4.69) is 0 Å². The van der Waals surface area contributed by atoms with E-state index in [1.165, 1.54) is 0 Å². The van der Waals surface area contributed by atoms with Gasteiger partial charge in [0.15, 0.2) is 0 Å². The molecule has 21 heavy (non-hydrogen) atoms. The summed E-state index contributed by atoms with van der Waals surface area (Å²) >= 11 is 0. The van der Waals surface area contributed by atoms with Crippen molar-refractivity contribution in [2.24, 2.45) is 17.6 Å². The number of benzene rings is 1. The first-order valence-corrected chi connectivity index (χ1v) is 7.56. The Morgan fingerprint density at radius 2 is 1.95 bits per heavy atom. The van der Waals surface area contributed by atoms with Crippen LogP contribution < -0.4 is 5.73 Å². The molecule has 1 aliphatic carbocycles. The number of carbonyl (C=O) groups excluding carboxylic acids is 1. The van der Waals surface area contributed by atoms with Crippen LogP contribution in [0, 0.1) is 23.5 Å². The second-order valence-corrected chi connectivity index (χ2v) is 6.03. The number of fused-ring (bicyclic) bond motifs is 1. The van der Waals surface area contributed by atoms with E-state index in [9.17, 15) is 13.6 Å². The van der Waals surface area contributed by atoms with E-state index in [-0.39, 0.29) is 30.1 Å². The number of halogens is 2. The van der Waals surface area contributed by atoms with Gasteiger partial charge in [0, 0.05) is 24.6 Å². The van der Waals surface area contributed by atoms with Crippen LogP contribution in [0.3, 0.4) is 0 Å². The Balaban J connectivity index is 1.80. The maximum atomic E-state index is 13.9. The van der Waals surface area contributed by atoms with Gasteiger partial charge in [0.2, 0.25) is 5.91 Å². The van der Waals surface area contributed by atoms with Gasteiger partial charge in [0.25, 0.3) is 0 Å². The van der Waals surface area contributed by atoms with Crippen LogP contribution in [-0.4, -0.2) is 23.9 Å². The standard InChI is InChI=1S/C16H20F2N2O/c17-14-4-5-15(18)13-9-20(7-6-12(13)14)16(21)11-3-1-2-10(11)8-19/h4-5,10-11H,1-3,6-9,19H2/t10-,11-/m1/s1. The van der Waals surface area contributed by atoms with Gasteiger partial charge < -0.3 is 10.6 Å². The summed E-state index contributed by atoms with van der Waals surface area (Å²) in [5.74, 6) is -0.563. The number of rotatable bonds is 2. The normalized spacial score (nSPS) is 25.0. The maximum absolute atomic E-state index is 13.9. The Hall–Kier alpha value is -1.49. The van der Waals surface area contributed by atoms with E-state index >= 15 is 0 Å². The average Bonchev–Trinajstić information content (AvgIpc) is 2.98. The zero-order chi connectivity index (χ0) is 15.0. The number of nitrogens with two attached hydrogens (primary N) is 1. The first-order chi connectivity index (χ1) is 10.1. The Bertz CT molecular complexity index is 561. The van der Waals surface area contributed by atoms with E-state index in [0.717, 1.165) is 31.4 Å². The third kappa shape index (κ3) is 2.55. The first-order valence-electron chi connectivity index (χ1n) is 7.56. The minimum absolute atomic E-state index is 0.0480. The molecule has 0 radical (unpaired) electrons. The highest BCUT2D eigenvalue weighted by Gasteiger charge is 2.36. The topological polar surface area (TPSA) is 46.3 Å². The van der Waals surface area contributed by atoms with Crippen molar-refractivity contribution in [3.8, 4) is 0 Å². The summed E-state index contributed by atoms with van der Waals surface area (Å²) in [5, 5.41) is 0.